The normalized spacial score (nSPS) is 12.8. The van der Waals surface area contributed by atoms with Gasteiger partial charge in [0, 0.05) is 35.1 Å². The zero-order valence-corrected chi connectivity index (χ0v) is 17.4. The SMILES string of the molecule is CON(C)S(=O)(=O)c1ccc(C(=O)NCC(C)c2c(Cl)cccc2Cl)cc1. The second kappa shape index (κ2) is 9.03. The summed E-state index contributed by atoms with van der Waals surface area (Å²) in [5, 5.41) is 3.89. The molecule has 9 heteroatoms. The lowest BCUT2D eigenvalue weighted by Crippen LogP contribution is -2.28. The van der Waals surface area contributed by atoms with Crippen LogP contribution < -0.4 is 5.32 Å². The predicted octanol–water partition coefficient (Wildman–Crippen LogP) is 3.71. The van der Waals surface area contributed by atoms with Crippen LogP contribution in [0, 0.1) is 0 Å². The maximum absolute atomic E-state index is 12.3. The molecule has 0 heterocycles. The van der Waals surface area contributed by atoms with Gasteiger partial charge in [-0.1, -0.05) is 40.7 Å². The van der Waals surface area contributed by atoms with Gasteiger partial charge >= 0.3 is 0 Å². The van der Waals surface area contributed by atoms with E-state index in [1.165, 1.54) is 38.4 Å². The molecule has 0 aliphatic rings. The summed E-state index contributed by atoms with van der Waals surface area (Å²) in [5.41, 5.74) is 1.11. The van der Waals surface area contributed by atoms with Gasteiger partial charge in [-0.2, -0.15) is 0 Å². The third-order valence-electron chi connectivity index (χ3n) is 4.07. The summed E-state index contributed by atoms with van der Waals surface area (Å²) in [7, 11) is -1.21. The van der Waals surface area contributed by atoms with Crippen LogP contribution in [-0.2, 0) is 14.9 Å². The van der Waals surface area contributed by atoms with Gasteiger partial charge in [-0.3, -0.25) is 9.63 Å². The molecule has 0 saturated carbocycles. The average molecular weight is 431 g/mol. The molecule has 1 atom stereocenters. The van der Waals surface area contributed by atoms with Crippen molar-refractivity contribution in [1.82, 2.24) is 9.79 Å². The highest BCUT2D eigenvalue weighted by molar-refractivity contribution is 7.89. The van der Waals surface area contributed by atoms with E-state index in [-0.39, 0.29) is 16.7 Å². The second-order valence-electron chi connectivity index (χ2n) is 5.87. The van der Waals surface area contributed by atoms with Crippen molar-refractivity contribution in [2.24, 2.45) is 0 Å². The molecule has 0 aliphatic heterocycles. The van der Waals surface area contributed by atoms with E-state index in [0.29, 0.717) is 22.2 Å². The molecule has 146 valence electrons. The van der Waals surface area contributed by atoms with Crippen LogP contribution in [0.3, 0.4) is 0 Å². The van der Waals surface area contributed by atoms with E-state index in [4.69, 9.17) is 28.0 Å². The van der Waals surface area contributed by atoms with E-state index in [2.05, 4.69) is 5.32 Å². The monoisotopic (exact) mass is 430 g/mol. The Morgan fingerprint density at radius 1 is 1.15 bits per heavy atom. The number of rotatable bonds is 7. The summed E-state index contributed by atoms with van der Waals surface area (Å²) in [6, 6.07) is 10.9. The molecule has 0 fully saturated rings. The first-order chi connectivity index (χ1) is 12.7. The minimum Gasteiger partial charge on any atom is -0.351 e. The maximum atomic E-state index is 12.3. The van der Waals surface area contributed by atoms with Crippen molar-refractivity contribution >= 4 is 39.1 Å². The van der Waals surface area contributed by atoms with Crippen molar-refractivity contribution in [3.63, 3.8) is 0 Å². The molecular formula is C18H20Cl2N2O4S. The fraction of sp³-hybridized carbons (Fsp3) is 0.278. The summed E-state index contributed by atoms with van der Waals surface area (Å²) < 4.78 is 25.1. The van der Waals surface area contributed by atoms with Crippen molar-refractivity contribution < 1.29 is 18.0 Å². The topological polar surface area (TPSA) is 75.7 Å². The Bertz CT molecular complexity index is 897. The standard InChI is InChI=1S/C18H20Cl2N2O4S/c1-12(17-15(19)5-4-6-16(17)20)11-21-18(23)13-7-9-14(10-8-13)27(24,25)22(2)26-3/h4-10,12H,11H2,1-3H3,(H,21,23). The molecule has 0 saturated heterocycles. The average Bonchev–Trinajstić information content (AvgIpc) is 2.65. The Hall–Kier alpha value is -1.64. The molecule has 2 aromatic carbocycles. The van der Waals surface area contributed by atoms with Gasteiger partial charge in [0.05, 0.1) is 12.0 Å². The quantitative estimate of drug-likeness (QED) is 0.679. The van der Waals surface area contributed by atoms with Crippen LogP contribution >= 0.6 is 23.2 Å². The van der Waals surface area contributed by atoms with Crippen LogP contribution in [0.25, 0.3) is 0 Å². The van der Waals surface area contributed by atoms with E-state index in [0.717, 1.165) is 10.0 Å². The van der Waals surface area contributed by atoms with Crippen LogP contribution in [-0.4, -0.2) is 39.5 Å². The highest BCUT2D eigenvalue weighted by Crippen LogP contribution is 2.31. The van der Waals surface area contributed by atoms with Crippen molar-refractivity contribution in [3.8, 4) is 0 Å². The lowest BCUT2D eigenvalue weighted by Gasteiger charge is -2.16. The van der Waals surface area contributed by atoms with Crippen molar-refractivity contribution in [2.75, 3.05) is 20.7 Å². The number of benzene rings is 2. The third kappa shape index (κ3) is 5.00. The summed E-state index contributed by atoms with van der Waals surface area (Å²) in [6.07, 6.45) is 0. The summed E-state index contributed by atoms with van der Waals surface area (Å²) in [6.45, 7) is 2.23. The summed E-state index contributed by atoms with van der Waals surface area (Å²) in [4.78, 5) is 17.1. The van der Waals surface area contributed by atoms with Crippen molar-refractivity contribution in [1.29, 1.82) is 0 Å². The van der Waals surface area contributed by atoms with Gasteiger partial charge in [0.2, 0.25) is 0 Å². The van der Waals surface area contributed by atoms with Gasteiger partial charge in [-0.25, -0.2) is 8.42 Å². The Morgan fingerprint density at radius 3 is 2.22 bits per heavy atom. The molecule has 0 aliphatic carbocycles. The Balaban J connectivity index is 2.07. The third-order valence-corrected chi connectivity index (χ3v) is 6.42. The second-order valence-corrected chi connectivity index (χ2v) is 8.62. The smallest absolute Gasteiger partial charge is 0.264 e. The summed E-state index contributed by atoms with van der Waals surface area (Å²) >= 11 is 12.4. The molecule has 0 bridgehead atoms. The number of amides is 1. The van der Waals surface area contributed by atoms with Gasteiger partial charge in [-0.05, 0) is 42.0 Å². The number of carbonyl (C=O) groups excluding carboxylic acids is 1. The Kier molecular flexibility index (Phi) is 7.25. The fourth-order valence-corrected chi connectivity index (χ4v) is 4.20. The van der Waals surface area contributed by atoms with Crippen LogP contribution in [0.15, 0.2) is 47.4 Å². The molecular weight excluding hydrogens is 411 g/mol. The minimum atomic E-state index is -3.75. The zero-order chi connectivity index (χ0) is 20.2. The first-order valence-corrected chi connectivity index (χ1v) is 10.2. The molecule has 1 unspecified atom stereocenters. The Labute approximate surface area is 169 Å². The summed E-state index contributed by atoms with van der Waals surface area (Å²) in [5.74, 6) is -0.417. The lowest BCUT2D eigenvalue weighted by molar-refractivity contribution is -0.0258. The van der Waals surface area contributed by atoms with E-state index >= 15 is 0 Å². The number of hydrogen-bond donors (Lipinski definition) is 1. The van der Waals surface area contributed by atoms with Gasteiger partial charge in [0.1, 0.15) is 0 Å². The molecule has 1 N–H and O–H groups in total. The highest BCUT2D eigenvalue weighted by atomic mass is 35.5. The highest BCUT2D eigenvalue weighted by Gasteiger charge is 2.21. The maximum Gasteiger partial charge on any atom is 0.264 e. The van der Waals surface area contributed by atoms with Crippen LogP contribution in [0.1, 0.15) is 28.8 Å². The van der Waals surface area contributed by atoms with E-state index < -0.39 is 10.0 Å². The molecule has 27 heavy (non-hydrogen) atoms. The van der Waals surface area contributed by atoms with Crippen molar-refractivity contribution in [2.45, 2.75) is 17.7 Å². The molecule has 2 aromatic rings. The molecule has 2 rings (SSSR count). The molecule has 1 amide bonds. The fourth-order valence-electron chi connectivity index (χ4n) is 2.46. The number of nitrogens with one attached hydrogen (secondary N) is 1. The van der Waals surface area contributed by atoms with Crippen LogP contribution in [0.4, 0.5) is 0 Å². The van der Waals surface area contributed by atoms with E-state index in [9.17, 15) is 13.2 Å². The number of nitrogens with zero attached hydrogens (tertiary/aromatic N) is 1. The molecule has 0 radical (unpaired) electrons. The lowest BCUT2D eigenvalue weighted by atomic mass is 10.0. The number of sulfonamides is 1. The molecule has 0 spiro atoms. The van der Waals surface area contributed by atoms with Crippen molar-refractivity contribution in [3.05, 3.63) is 63.6 Å². The van der Waals surface area contributed by atoms with E-state index in [1.54, 1.807) is 18.2 Å². The Morgan fingerprint density at radius 2 is 1.70 bits per heavy atom. The zero-order valence-electron chi connectivity index (χ0n) is 15.1. The van der Waals surface area contributed by atoms with E-state index in [1.807, 2.05) is 6.92 Å². The number of carbonyl (C=O) groups is 1. The predicted molar refractivity (Wildman–Crippen MR) is 106 cm³/mol. The number of hydroxylamine groups is 1. The first kappa shape index (κ1) is 21.7. The van der Waals surface area contributed by atoms with Gasteiger partial charge in [-0.15, -0.1) is 0 Å². The van der Waals surface area contributed by atoms with Crippen LogP contribution in [0.5, 0.6) is 0 Å². The van der Waals surface area contributed by atoms with Gasteiger partial charge in [0.25, 0.3) is 15.9 Å². The number of hydrogen-bond acceptors (Lipinski definition) is 4. The minimum absolute atomic E-state index is 0.0274. The largest absolute Gasteiger partial charge is 0.351 e. The molecule has 6 nitrogen and oxygen atoms in total. The van der Waals surface area contributed by atoms with Gasteiger partial charge < -0.3 is 5.32 Å². The first-order valence-electron chi connectivity index (χ1n) is 8.03. The number of halogens is 2. The van der Waals surface area contributed by atoms with Gasteiger partial charge in [0.15, 0.2) is 0 Å². The molecule has 0 aromatic heterocycles. The van der Waals surface area contributed by atoms with Crippen LogP contribution in [0.2, 0.25) is 10.0 Å².